The third-order valence-corrected chi connectivity index (χ3v) is 7.18. The Labute approximate surface area is 193 Å². The minimum Gasteiger partial charge on any atom is -0.355 e. The fourth-order valence-corrected chi connectivity index (χ4v) is 4.98. The number of aliphatic imine (C=N–C) groups is 1. The number of amides is 1. The van der Waals surface area contributed by atoms with Crippen LogP contribution in [0.15, 0.2) is 35.3 Å². The number of piperidine rings is 1. The van der Waals surface area contributed by atoms with Gasteiger partial charge in [0.2, 0.25) is 5.91 Å². The highest BCUT2D eigenvalue weighted by Crippen LogP contribution is 2.28. The molecule has 2 heterocycles. The molecule has 0 radical (unpaired) electrons. The zero-order chi connectivity index (χ0) is 22.2. The van der Waals surface area contributed by atoms with Gasteiger partial charge in [0.15, 0.2) is 5.96 Å². The minimum absolute atomic E-state index is 0.320. The number of nitrogens with one attached hydrogen (secondary N) is 2. The molecule has 1 saturated carbocycles. The first-order valence-corrected chi connectivity index (χ1v) is 12.5. The normalized spacial score (nSPS) is 23.6. The molecule has 7 nitrogen and oxygen atoms in total. The number of benzene rings is 1. The van der Waals surface area contributed by atoms with Gasteiger partial charge in [0.05, 0.1) is 0 Å². The third kappa shape index (κ3) is 6.45. The SMILES string of the molecule is CN=C(NCCN1CCN(C(=O)C2CCC2)CC1)NC1CCCN(Cc2ccccc2)C1. The van der Waals surface area contributed by atoms with E-state index in [1.807, 2.05) is 7.05 Å². The van der Waals surface area contributed by atoms with Crippen LogP contribution in [0.25, 0.3) is 0 Å². The maximum Gasteiger partial charge on any atom is 0.225 e. The second kappa shape index (κ2) is 11.7. The van der Waals surface area contributed by atoms with Gasteiger partial charge in [-0.05, 0) is 37.8 Å². The number of rotatable bonds is 7. The van der Waals surface area contributed by atoms with Gasteiger partial charge >= 0.3 is 0 Å². The van der Waals surface area contributed by atoms with Crippen molar-refractivity contribution in [3.63, 3.8) is 0 Å². The maximum absolute atomic E-state index is 12.4. The van der Waals surface area contributed by atoms with Gasteiger partial charge in [0.25, 0.3) is 0 Å². The second-order valence-corrected chi connectivity index (χ2v) is 9.50. The summed E-state index contributed by atoms with van der Waals surface area (Å²) in [7, 11) is 1.85. The van der Waals surface area contributed by atoms with E-state index in [1.54, 1.807) is 0 Å². The summed E-state index contributed by atoms with van der Waals surface area (Å²) in [6, 6.07) is 11.2. The highest BCUT2D eigenvalue weighted by atomic mass is 16.2. The van der Waals surface area contributed by atoms with Gasteiger partial charge in [0, 0.05) is 71.4 Å². The molecule has 2 N–H and O–H groups in total. The van der Waals surface area contributed by atoms with Crippen molar-refractivity contribution in [1.29, 1.82) is 0 Å². The van der Waals surface area contributed by atoms with Crippen LogP contribution in [0.3, 0.4) is 0 Å². The van der Waals surface area contributed by atoms with Crippen molar-refractivity contribution in [3.05, 3.63) is 35.9 Å². The molecule has 7 heteroatoms. The average molecular weight is 441 g/mol. The Morgan fingerprint density at radius 3 is 2.47 bits per heavy atom. The summed E-state index contributed by atoms with van der Waals surface area (Å²) in [5.74, 6) is 1.61. The van der Waals surface area contributed by atoms with Crippen LogP contribution in [0.1, 0.15) is 37.7 Å². The van der Waals surface area contributed by atoms with Crippen LogP contribution in [0.4, 0.5) is 0 Å². The highest BCUT2D eigenvalue weighted by molar-refractivity contribution is 5.80. The van der Waals surface area contributed by atoms with Crippen LogP contribution in [0.5, 0.6) is 0 Å². The van der Waals surface area contributed by atoms with Crippen molar-refractivity contribution in [1.82, 2.24) is 25.3 Å². The molecule has 0 bridgehead atoms. The van der Waals surface area contributed by atoms with E-state index in [9.17, 15) is 4.79 Å². The zero-order valence-corrected chi connectivity index (χ0v) is 19.6. The Bertz CT molecular complexity index is 742. The molecule has 3 fully saturated rings. The van der Waals surface area contributed by atoms with E-state index in [0.29, 0.717) is 17.9 Å². The lowest BCUT2D eigenvalue weighted by Crippen LogP contribution is -2.54. The van der Waals surface area contributed by atoms with Crippen molar-refractivity contribution in [2.75, 3.05) is 59.4 Å². The molecule has 1 aromatic rings. The molecule has 3 aliphatic rings. The van der Waals surface area contributed by atoms with Crippen molar-refractivity contribution >= 4 is 11.9 Å². The number of hydrogen-bond donors (Lipinski definition) is 2. The summed E-state index contributed by atoms with van der Waals surface area (Å²) in [6.45, 7) is 8.78. The van der Waals surface area contributed by atoms with E-state index < -0.39 is 0 Å². The quantitative estimate of drug-likeness (QED) is 0.500. The van der Waals surface area contributed by atoms with Crippen LogP contribution in [0.2, 0.25) is 0 Å². The molecule has 1 atom stereocenters. The Kier molecular flexibility index (Phi) is 8.40. The molecule has 1 aliphatic carbocycles. The standard InChI is InChI=1S/C25H40N6O/c1-26-25(28-23-11-6-13-30(20-23)19-21-7-3-2-4-8-21)27-12-14-29-15-17-31(18-16-29)24(32)22-9-5-10-22/h2-4,7-8,22-23H,5-6,9-20H2,1H3,(H2,26,27,28). The van der Waals surface area contributed by atoms with Crippen molar-refractivity contribution in [2.24, 2.45) is 10.9 Å². The number of likely N-dealkylation sites (tertiary alicyclic amines) is 1. The molecule has 1 amide bonds. The van der Waals surface area contributed by atoms with Crippen LogP contribution in [-0.4, -0.2) is 92.0 Å². The number of carbonyl (C=O) groups excluding carboxylic acids is 1. The molecule has 176 valence electrons. The lowest BCUT2D eigenvalue weighted by atomic mass is 9.84. The Morgan fingerprint density at radius 1 is 1.00 bits per heavy atom. The predicted octanol–water partition coefficient (Wildman–Crippen LogP) is 1.76. The fraction of sp³-hybridized carbons (Fsp3) is 0.680. The lowest BCUT2D eigenvalue weighted by Gasteiger charge is -2.38. The number of piperazine rings is 1. The zero-order valence-electron chi connectivity index (χ0n) is 19.6. The third-order valence-electron chi connectivity index (χ3n) is 7.18. The Balaban J connectivity index is 1.13. The van der Waals surface area contributed by atoms with Gasteiger partial charge < -0.3 is 15.5 Å². The topological polar surface area (TPSA) is 63.2 Å². The summed E-state index contributed by atoms with van der Waals surface area (Å²) < 4.78 is 0. The minimum atomic E-state index is 0.320. The van der Waals surface area contributed by atoms with Gasteiger partial charge in [-0.2, -0.15) is 0 Å². The van der Waals surface area contributed by atoms with Crippen molar-refractivity contribution in [3.8, 4) is 0 Å². The molecule has 1 aromatic carbocycles. The number of nitrogens with zero attached hydrogens (tertiary/aromatic N) is 4. The molecule has 2 saturated heterocycles. The summed E-state index contributed by atoms with van der Waals surface area (Å²) in [5.41, 5.74) is 1.38. The van der Waals surface area contributed by atoms with E-state index >= 15 is 0 Å². The first-order valence-electron chi connectivity index (χ1n) is 12.5. The summed E-state index contributed by atoms with van der Waals surface area (Å²) in [5, 5.41) is 7.13. The van der Waals surface area contributed by atoms with Gasteiger partial charge in [-0.3, -0.25) is 19.6 Å². The van der Waals surface area contributed by atoms with Gasteiger partial charge in [0.1, 0.15) is 0 Å². The molecule has 32 heavy (non-hydrogen) atoms. The molecule has 1 unspecified atom stereocenters. The first kappa shape index (κ1) is 23.1. The molecule has 0 aromatic heterocycles. The van der Waals surface area contributed by atoms with Crippen molar-refractivity contribution < 1.29 is 4.79 Å². The van der Waals surface area contributed by atoms with Gasteiger partial charge in [-0.25, -0.2) is 0 Å². The predicted molar refractivity (Wildman–Crippen MR) is 130 cm³/mol. The van der Waals surface area contributed by atoms with E-state index in [1.165, 1.54) is 24.8 Å². The van der Waals surface area contributed by atoms with Crippen LogP contribution >= 0.6 is 0 Å². The molecule has 4 rings (SSSR count). The van der Waals surface area contributed by atoms with E-state index in [0.717, 1.165) is 77.7 Å². The molecule has 2 aliphatic heterocycles. The van der Waals surface area contributed by atoms with Crippen LogP contribution < -0.4 is 10.6 Å². The lowest BCUT2D eigenvalue weighted by molar-refractivity contribution is -0.139. The Hall–Kier alpha value is -2.12. The van der Waals surface area contributed by atoms with Crippen LogP contribution in [0, 0.1) is 5.92 Å². The average Bonchev–Trinajstić information content (AvgIpc) is 2.78. The number of carbonyl (C=O) groups is 1. The monoisotopic (exact) mass is 440 g/mol. The second-order valence-electron chi connectivity index (χ2n) is 9.50. The largest absolute Gasteiger partial charge is 0.355 e. The van der Waals surface area contributed by atoms with Crippen LogP contribution in [-0.2, 0) is 11.3 Å². The van der Waals surface area contributed by atoms with Crippen molar-refractivity contribution in [2.45, 2.75) is 44.7 Å². The van der Waals surface area contributed by atoms with E-state index in [2.05, 4.69) is 60.7 Å². The first-order chi connectivity index (χ1) is 15.7. The summed E-state index contributed by atoms with van der Waals surface area (Å²) >= 11 is 0. The fourth-order valence-electron chi connectivity index (χ4n) is 4.98. The smallest absolute Gasteiger partial charge is 0.225 e. The number of guanidine groups is 1. The maximum atomic E-state index is 12.4. The Morgan fingerprint density at radius 2 is 1.78 bits per heavy atom. The summed E-state index contributed by atoms with van der Waals surface area (Å²) in [4.78, 5) is 23.9. The number of hydrogen-bond acceptors (Lipinski definition) is 4. The molecular formula is C25H40N6O. The highest BCUT2D eigenvalue weighted by Gasteiger charge is 2.31. The van der Waals surface area contributed by atoms with Gasteiger partial charge in [-0.15, -0.1) is 0 Å². The van der Waals surface area contributed by atoms with E-state index in [-0.39, 0.29) is 0 Å². The molecular weight excluding hydrogens is 400 g/mol. The molecule has 0 spiro atoms. The summed E-state index contributed by atoms with van der Waals surface area (Å²) in [6.07, 6.45) is 5.82. The van der Waals surface area contributed by atoms with Gasteiger partial charge in [-0.1, -0.05) is 36.8 Å². The van der Waals surface area contributed by atoms with E-state index in [4.69, 9.17) is 0 Å².